The van der Waals surface area contributed by atoms with Crippen LogP contribution in [0.1, 0.15) is 25.3 Å². The summed E-state index contributed by atoms with van der Waals surface area (Å²) in [6.07, 6.45) is 3.16. The first-order valence-electron chi connectivity index (χ1n) is 9.74. The molecule has 2 amide bonds. The molecule has 3 rings (SSSR count). The second kappa shape index (κ2) is 9.70. The maximum Gasteiger partial charge on any atom is 0.323 e. The summed E-state index contributed by atoms with van der Waals surface area (Å²) in [6, 6.07) is 12.6. The maximum atomic E-state index is 12.9. The number of carbonyl (C=O) groups excluding carboxylic acids is 2. The van der Waals surface area contributed by atoms with E-state index in [4.69, 9.17) is 4.74 Å². The summed E-state index contributed by atoms with van der Waals surface area (Å²) in [4.78, 5) is 29.4. The summed E-state index contributed by atoms with van der Waals surface area (Å²) in [5, 5.41) is 6.34. The monoisotopic (exact) mass is 441 g/mol. The van der Waals surface area contributed by atoms with Gasteiger partial charge >= 0.3 is 12.0 Å². The van der Waals surface area contributed by atoms with Crippen LogP contribution in [0.25, 0.3) is 10.4 Å². The molecule has 0 unspecified atom stereocenters. The topological polar surface area (TPSA) is 80.3 Å². The Labute approximate surface area is 184 Å². The zero-order valence-corrected chi connectivity index (χ0v) is 18.4. The number of carbonyl (C=O) groups is 2. The van der Waals surface area contributed by atoms with Gasteiger partial charge in [0.2, 0.25) is 0 Å². The van der Waals surface area contributed by atoms with Crippen molar-refractivity contribution >= 4 is 34.7 Å². The van der Waals surface area contributed by atoms with Crippen LogP contribution in [0.3, 0.4) is 0 Å². The molecule has 0 aliphatic carbocycles. The van der Waals surface area contributed by atoms with Crippen molar-refractivity contribution in [2.45, 2.75) is 26.7 Å². The quantitative estimate of drug-likeness (QED) is 0.459. The predicted octanol–water partition coefficient (Wildman–Crippen LogP) is 5.73. The van der Waals surface area contributed by atoms with E-state index < -0.39 is 11.4 Å². The van der Waals surface area contributed by atoms with E-state index in [0.717, 1.165) is 15.4 Å². The summed E-state index contributed by atoms with van der Waals surface area (Å²) in [6.45, 7) is 3.73. The van der Waals surface area contributed by atoms with Crippen molar-refractivity contribution in [2.75, 3.05) is 17.7 Å². The highest BCUT2D eigenvalue weighted by Gasteiger charge is 2.28. The van der Waals surface area contributed by atoms with Gasteiger partial charge in [-0.05, 0) is 62.2 Å². The molecular formula is C23H24FN3O3S. The van der Waals surface area contributed by atoms with Crippen LogP contribution in [0.15, 0.2) is 54.7 Å². The minimum Gasteiger partial charge on any atom is -0.469 e. The molecule has 2 aromatic carbocycles. The fourth-order valence-corrected chi connectivity index (χ4v) is 3.82. The highest BCUT2D eigenvalue weighted by Crippen LogP contribution is 2.30. The van der Waals surface area contributed by atoms with Crippen molar-refractivity contribution in [1.29, 1.82) is 0 Å². The molecule has 0 atom stereocenters. The van der Waals surface area contributed by atoms with E-state index in [0.29, 0.717) is 24.2 Å². The summed E-state index contributed by atoms with van der Waals surface area (Å²) in [7, 11) is 1.40. The highest BCUT2D eigenvalue weighted by molar-refractivity contribution is 7.15. The number of hydrogen-bond donors (Lipinski definition) is 2. The number of nitrogens with zero attached hydrogens (tertiary/aromatic N) is 1. The number of rotatable bonds is 7. The molecule has 0 saturated heterocycles. The number of benzene rings is 2. The molecule has 0 radical (unpaired) electrons. The van der Waals surface area contributed by atoms with Gasteiger partial charge in [0.1, 0.15) is 5.82 Å². The number of anilines is 2. The molecule has 31 heavy (non-hydrogen) atoms. The molecule has 0 fully saturated rings. The Hall–Kier alpha value is -3.26. The predicted molar refractivity (Wildman–Crippen MR) is 121 cm³/mol. The molecule has 8 heteroatoms. The van der Waals surface area contributed by atoms with E-state index in [1.54, 1.807) is 23.5 Å². The number of urea groups is 1. The number of amides is 2. The van der Waals surface area contributed by atoms with Crippen molar-refractivity contribution in [3.63, 3.8) is 0 Å². The Balaban J connectivity index is 1.57. The van der Waals surface area contributed by atoms with Crippen LogP contribution in [0, 0.1) is 11.2 Å². The number of methoxy groups -OCH3 is 1. The minimum absolute atomic E-state index is 0.226. The molecule has 0 spiro atoms. The SMILES string of the molecule is COC(=O)C(C)(C)CCc1ncc(-c2ccc(NC(=O)Nc3ccc(F)cc3)cc2)s1. The van der Waals surface area contributed by atoms with E-state index in [9.17, 15) is 14.0 Å². The molecule has 0 bridgehead atoms. The average molecular weight is 442 g/mol. The van der Waals surface area contributed by atoms with E-state index in [1.807, 2.05) is 32.2 Å². The lowest BCUT2D eigenvalue weighted by Crippen LogP contribution is -2.26. The second-order valence-corrected chi connectivity index (χ2v) is 8.77. The average Bonchev–Trinajstić information content (AvgIpc) is 3.23. The Morgan fingerprint density at radius 2 is 1.61 bits per heavy atom. The normalized spacial score (nSPS) is 11.1. The molecular weight excluding hydrogens is 417 g/mol. The number of esters is 1. The largest absolute Gasteiger partial charge is 0.469 e. The van der Waals surface area contributed by atoms with E-state index in [2.05, 4.69) is 15.6 Å². The fourth-order valence-electron chi connectivity index (χ4n) is 2.90. The number of aromatic nitrogens is 1. The lowest BCUT2D eigenvalue weighted by atomic mass is 9.88. The van der Waals surface area contributed by atoms with Gasteiger partial charge in [-0.1, -0.05) is 12.1 Å². The third-order valence-corrected chi connectivity index (χ3v) is 5.89. The zero-order chi connectivity index (χ0) is 22.4. The van der Waals surface area contributed by atoms with Gasteiger partial charge in [-0.25, -0.2) is 14.2 Å². The van der Waals surface area contributed by atoms with Crippen molar-refractivity contribution < 1.29 is 18.7 Å². The smallest absolute Gasteiger partial charge is 0.323 e. The van der Waals surface area contributed by atoms with Crippen LogP contribution in [-0.4, -0.2) is 24.1 Å². The molecule has 1 heterocycles. The van der Waals surface area contributed by atoms with E-state index in [-0.39, 0.29) is 11.8 Å². The summed E-state index contributed by atoms with van der Waals surface area (Å²) in [5.41, 5.74) is 1.57. The molecule has 162 valence electrons. The molecule has 0 saturated carbocycles. The standard InChI is InChI=1S/C23H24FN3O3S/c1-23(2,21(28)30-3)13-12-20-25-14-19(31-20)15-4-8-17(9-5-15)26-22(29)27-18-10-6-16(24)7-11-18/h4-11,14H,12-13H2,1-3H3,(H2,26,27,29). The Kier molecular flexibility index (Phi) is 7.02. The van der Waals surface area contributed by atoms with E-state index in [1.165, 1.54) is 31.4 Å². The molecule has 0 aliphatic rings. The Morgan fingerprint density at radius 3 is 2.19 bits per heavy atom. The number of halogens is 1. The van der Waals surface area contributed by atoms with Crippen LogP contribution in [-0.2, 0) is 16.0 Å². The third kappa shape index (κ3) is 6.11. The maximum absolute atomic E-state index is 12.9. The van der Waals surface area contributed by atoms with Gasteiger partial charge in [-0.15, -0.1) is 11.3 Å². The summed E-state index contributed by atoms with van der Waals surface area (Å²) in [5.74, 6) is -0.587. The van der Waals surface area contributed by atoms with Gasteiger partial charge in [-0.3, -0.25) is 4.79 Å². The Bertz CT molecular complexity index is 1050. The van der Waals surface area contributed by atoms with Gasteiger partial charge in [0.25, 0.3) is 0 Å². The van der Waals surface area contributed by atoms with Crippen molar-refractivity contribution in [1.82, 2.24) is 4.98 Å². The first-order valence-corrected chi connectivity index (χ1v) is 10.6. The van der Waals surface area contributed by atoms with Crippen LogP contribution in [0.2, 0.25) is 0 Å². The number of aryl methyl sites for hydroxylation is 1. The van der Waals surface area contributed by atoms with Crippen molar-refractivity contribution in [3.8, 4) is 10.4 Å². The lowest BCUT2D eigenvalue weighted by Gasteiger charge is -2.20. The van der Waals surface area contributed by atoms with Crippen molar-refractivity contribution in [3.05, 3.63) is 65.6 Å². The molecule has 3 aromatic rings. The lowest BCUT2D eigenvalue weighted by molar-refractivity contribution is -0.151. The van der Waals surface area contributed by atoms with Crippen LogP contribution in [0.4, 0.5) is 20.6 Å². The number of ether oxygens (including phenoxy) is 1. The second-order valence-electron chi connectivity index (χ2n) is 7.66. The zero-order valence-electron chi connectivity index (χ0n) is 17.6. The first kappa shape index (κ1) is 22.4. The highest BCUT2D eigenvalue weighted by atomic mass is 32.1. The van der Waals surface area contributed by atoms with Gasteiger partial charge < -0.3 is 15.4 Å². The first-order chi connectivity index (χ1) is 14.8. The van der Waals surface area contributed by atoms with Gasteiger partial charge in [-0.2, -0.15) is 0 Å². The van der Waals surface area contributed by atoms with E-state index >= 15 is 0 Å². The Morgan fingerprint density at radius 1 is 1.03 bits per heavy atom. The van der Waals surface area contributed by atoms with Gasteiger partial charge in [0, 0.05) is 24.0 Å². The molecule has 6 nitrogen and oxygen atoms in total. The number of nitrogens with one attached hydrogen (secondary N) is 2. The molecule has 2 N–H and O–H groups in total. The van der Waals surface area contributed by atoms with Gasteiger partial charge in [0.05, 0.1) is 22.4 Å². The summed E-state index contributed by atoms with van der Waals surface area (Å²) >= 11 is 1.58. The van der Waals surface area contributed by atoms with Crippen LogP contribution in [0.5, 0.6) is 0 Å². The molecule has 0 aliphatic heterocycles. The number of thiazole rings is 1. The van der Waals surface area contributed by atoms with Crippen molar-refractivity contribution in [2.24, 2.45) is 5.41 Å². The van der Waals surface area contributed by atoms with Crippen LogP contribution < -0.4 is 10.6 Å². The fraction of sp³-hybridized carbons (Fsp3) is 0.261. The third-order valence-electron chi connectivity index (χ3n) is 4.78. The van der Waals surface area contributed by atoms with Crippen LogP contribution >= 0.6 is 11.3 Å². The number of hydrogen-bond acceptors (Lipinski definition) is 5. The van der Waals surface area contributed by atoms with Gasteiger partial charge in [0.15, 0.2) is 0 Å². The molecule has 1 aromatic heterocycles. The summed E-state index contributed by atoms with van der Waals surface area (Å²) < 4.78 is 17.8. The minimum atomic E-state index is -0.553.